The van der Waals surface area contributed by atoms with Crippen LogP contribution in [-0.4, -0.2) is 39.6 Å². The van der Waals surface area contributed by atoms with Gasteiger partial charge in [-0.05, 0) is 47.9 Å². The lowest BCUT2D eigenvalue weighted by molar-refractivity contribution is 0.135. The number of fused-ring (bicyclic) bond motifs is 3. The second-order valence-corrected chi connectivity index (χ2v) is 7.70. The van der Waals surface area contributed by atoms with Crippen LogP contribution in [0.4, 0.5) is 4.79 Å². The van der Waals surface area contributed by atoms with Gasteiger partial charge < -0.3 is 14.5 Å². The first-order chi connectivity index (χ1) is 15.1. The zero-order valence-electron chi connectivity index (χ0n) is 16.7. The highest BCUT2D eigenvalue weighted by Gasteiger charge is 2.35. The number of carbonyl (C=O) groups excluding carboxylic acids is 1. The Morgan fingerprint density at radius 3 is 2.65 bits per heavy atom. The van der Waals surface area contributed by atoms with E-state index in [2.05, 4.69) is 15.0 Å². The van der Waals surface area contributed by atoms with Gasteiger partial charge >= 0.3 is 6.09 Å². The van der Waals surface area contributed by atoms with Crippen LogP contribution >= 0.6 is 11.6 Å². The number of benzene rings is 2. The molecule has 8 heteroatoms. The zero-order valence-corrected chi connectivity index (χ0v) is 17.5. The first-order valence-electron chi connectivity index (χ1n) is 9.81. The Bertz CT molecular complexity index is 1240. The molecule has 1 unspecified atom stereocenters. The van der Waals surface area contributed by atoms with Crippen LogP contribution in [0.15, 0.2) is 61.2 Å². The van der Waals surface area contributed by atoms with E-state index in [0.29, 0.717) is 23.7 Å². The Morgan fingerprint density at radius 1 is 1.13 bits per heavy atom. The van der Waals surface area contributed by atoms with E-state index in [1.54, 1.807) is 12.0 Å². The van der Waals surface area contributed by atoms with E-state index >= 15 is 0 Å². The Kier molecular flexibility index (Phi) is 4.95. The maximum Gasteiger partial charge on any atom is 0.416 e. The Balaban J connectivity index is 1.59. The molecule has 4 aromatic rings. The summed E-state index contributed by atoms with van der Waals surface area (Å²) in [7, 11) is 1.63. The molecule has 1 amide bonds. The fraction of sp³-hybridized carbons (Fsp3) is 0.174. The van der Waals surface area contributed by atoms with E-state index in [1.807, 2.05) is 42.5 Å². The van der Waals surface area contributed by atoms with Gasteiger partial charge in [0.05, 0.1) is 19.5 Å². The van der Waals surface area contributed by atoms with Gasteiger partial charge in [-0.1, -0.05) is 23.7 Å². The summed E-state index contributed by atoms with van der Waals surface area (Å²) < 4.78 is 10.9. The molecule has 156 valence electrons. The molecule has 2 aromatic carbocycles. The van der Waals surface area contributed by atoms with Gasteiger partial charge in [-0.15, -0.1) is 0 Å². The molecule has 0 fully saturated rings. The number of halogens is 1. The number of hydrogen-bond donors (Lipinski definition) is 1. The van der Waals surface area contributed by atoms with Crippen molar-refractivity contribution in [3.63, 3.8) is 0 Å². The first kappa shape index (κ1) is 19.4. The van der Waals surface area contributed by atoms with Gasteiger partial charge in [-0.3, -0.25) is 4.90 Å². The van der Waals surface area contributed by atoms with Crippen molar-refractivity contribution in [1.29, 1.82) is 0 Å². The van der Waals surface area contributed by atoms with Crippen molar-refractivity contribution in [2.45, 2.75) is 12.5 Å². The molecule has 1 aliphatic rings. The molecule has 1 atom stereocenters. The zero-order chi connectivity index (χ0) is 21.4. The number of amides is 1. The summed E-state index contributed by atoms with van der Waals surface area (Å²) in [4.78, 5) is 26.2. The summed E-state index contributed by atoms with van der Waals surface area (Å²) >= 11 is 6.25. The summed E-state index contributed by atoms with van der Waals surface area (Å²) in [5, 5.41) is 1.76. The summed E-state index contributed by atoms with van der Waals surface area (Å²) in [6.45, 7) is 0.496. The largest absolute Gasteiger partial charge is 0.497 e. The topological polar surface area (TPSA) is 80.3 Å². The van der Waals surface area contributed by atoms with Crippen molar-refractivity contribution < 1.29 is 14.3 Å². The number of nitrogens with zero attached hydrogens (tertiary/aromatic N) is 3. The number of hydrogen-bond acceptors (Lipinski definition) is 5. The van der Waals surface area contributed by atoms with Crippen LogP contribution < -0.4 is 9.47 Å². The van der Waals surface area contributed by atoms with Gasteiger partial charge in [-0.2, -0.15) is 0 Å². The van der Waals surface area contributed by atoms with Crippen molar-refractivity contribution in [1.82, 2.24) is 19.9 Å². The fourth-order valence-corrected chi connectivity index (χ4v) is 4.26. The molecule has 2 aromatic heterocycles. The van der Waals surface area contributed by atoms with Crippen LogP contribution in [-0.2, 0) is 6.42 Å². The van der Waals surface area contributed by atoms with E-state index in [0.717, 1.165) is 33.5 Å². The fourth-order valence-electron chi connectivity index (χ4n) is 4.09. The lowest BCUT2D eigenvalue weighted by Crippen LogP contribution is -2.42. The molecule has 0 saturated heterocycles. The molecule has 0 aliphatic carbocycles. The molecule has 3 heterocycles. The van der Waals surface area contributed by atoms with Crippen LogP contribution in [0.2, 0.25) is 5.02 Å². The number of H-pyrrole nitrogens is 1. The van der Waals surface area contributed by atoms with Gasteiger partial charge in [0, 0.05) is 28.2 Å². The number of aromatic amines is 1. The quantitative estimate of drug-likeness (QED) is 0.502. The van der Waals surface area contributed by atoms with Gasteiger partial charge in [0.25, 0.3) is 0 Å². The second kappa shape index (κ2) is 7.92. The van der Waals surface area contributed by atoms with Crippen LogP contribution in [0.3, 0.4) is 0 Å². The standard InChI is InChI=1S/C23H19ClN4O3/c1-30-16-5-2-14(3-6-16)22-21-18(19-10-15(24)4-7-20(19)27-21)8-9-28(22)23(29)31-17-11-25-13-26-12-17/h2-7,10-13,22,27H,8-9H2,1H3. The van der Waals surface area contributed by atoms with E-state index in [9.17, 15) is 4.79 Å². The molecule has 1 aliphatic heterocycles. The number of methoxy groups -OCH3 is 1. The van der Waals surface area contributed by atoms with Crippen LogP contribution in [0.5, 0.6) is 11.5 Å². The number of rotatable bonds is 3. The van der Waals surface area contributed by atoms with Crippen molar-refractivity contribution in [2.75, 3.05) is 13.7 Å². The van der Waals surface area contributed by atoms with Crippen molar-refractivity contribution in [2.24, 2.45) is 0 Å². The predicted molar refractivity (Wildman–Crippen MR) is 117 cm³/mol. The summed E-state index contributed by atoms with van der Waals surface area (Å²) in [6.07, 6.45) is 4.54. The van der Waals surface area contributed by atoms with Crippen molar-refractivity contribution >= 4 is 28.6 Å². The molecule has 0 radical (unpaired) electrons. The van der Waals surface area contributed by atoms with E-state index in [1.165, 1.54) is 18.7 Å². The van der Waals surface area contributed by atoms with Gasteiger partial charge in [0.1, 0.15) is 18.1 Å². The van der Waals surface area contributed by atoms with Crippen LogP contribution in [0.25, 0.3) is 10.9 Å². The Labute approximate surface area is 183 Å². The lowest BCUT2D eigenvalue weighted by Gasteiger charge is -2.35. The Morgan fingerprint density at radius 2 is 1.90 bits per heavy atom. The maximum absolute atomic E-state index is 13.1. The predicted octanol–water partition coefficient (Wildman–Crippen LogP) is 4.77. The molecule has 1 N–H and O–H groups in total. The molecular formula is C23H19ClN4O3. The van der Waals surface area contributed by atoms with Gasteiger partial charge in [-0.25, -0.2) is 14.8 Å². The highest BCUT2D eigenvalue weighted by atomic mass is 35.5. The average Bonchev–Trinajstić information content (AvgIpc) is 3.17. The number of ether oxygens (including phenoxy) is 2. The lowest BCUT2D eigenvalue weighted by atomic mass is 9.92. The minimum atomic E-state index is -0.460. The van der Waals surface area contributed by atoms with Crippen LogP contribution in [0.1, 0.15) is 22.9 Å². The van der Waals surface area contributed by atoms with Crippen molar-refractivity contribution in [3.8, 4) is 11.5 Å². The minimum Gasteiger partial charge on any atom is -0.497 e. The SMILES string of the molecule is COc1ccc(C2c3[nH]c4ccc(Cl)cc4c3CCN2C(=O)Oc2cncnc2)cc1. The highest BCUT2D eigenvalue weighted by molar-refractivity contribution is 6.31. The molecule has 0 spiro atoms. The molecule has 0 saturated carbocycles. The first-order valence-corrected chi connectivity index (χ1v) is 10.2. The third kappa shape index (κ3) is 3.57. The average molecular weight is 435 g/mol. The third-order valence-electron chi connectivity index (χ3n) is 5.50. The van der Waals surface area contributed by atoms with E-state index in [-0.39, 0.29) is 6.04 Å². The smallest absolute Gasteiger partial charge is 0.416 e. The third-order valence-corrected chi connectivity index (χ3v) is 5.73. The summed E-state index contributed by atoms with van der Waals surface area (Å²) in [6, 6.07) is 13.1. The number of carbonyl (C=O) groups is 1. The molecule has 7 nitrogen and oxygen atoms in total. The Hall–Kier alpha value is -3.58. The normalized spacial score (nSPS) is 15.5. The summed E-state index contributed by atoms with van der Waals surface area (Å²) in [5.74, 6) is 1.05. The molecular weight excluding hydrogens is 416 g/mol. The second-order valence-electron chi connectivity index (χ2n) is 7.27. The maximum atomic E-state index is 13.1. The van der Waals surface area contributed by atoms with Crippen molar-refractivity contribution in [3.05, 3.63) is 83.0 Å². The van der Waals surface area contributed by atoms with E-state index in [4.69, 9.17) is 21.1 Å². The molecule has 31 heavy (non-hydrogen) atoms. The monoisotopic (exact) mass is 434 g/mol. The van der Waals surface area contributed by atoms with Gasteiger partial charge in [0.15, 0.2) is 5.75 Å². The molecule has 0 bridgehead atoms. The summed E-state index contributed by atoms with van der Waals surface area (Å²) in [5.41, 5.74) is 4.04. The van der Waals surface area contributed by atoms with E-state index < -0.39 is 6.09 Å². The van der Waals surface area contributed by atoms with Gasteiger partial charge in [0.2, 0.25) is 0 Å². The van der Waals surface area contributed by atoms with Crippen LogP contribution in [0, 0.1) is 0 Å². The molecule has 5 rings (SSSR count). The minimum absolute atomic E-state index is 0.301. The number of nitrogens with one attached hydrogen (secondary N) is 1. The highest BCUT2D eigenvalue weighted by Crippen LogP contribution is 2.39. The number of aromatic nitrogens is 3.